The molecule has 0 spiro atoms. The highest BCUT2D eigenvalue weighted by atomic mass is 19.4. The van der Waals surface area contributed by atoms with Gasteiger partial charge in [-0.2, -0.15) is 13.2 Å². The molecule has 0 radical (unpaired) electrons. The Labute approximate surface area is 240 Å². The van der Waals surface area contributed by atoms with Crippen LogP contribution in [0.3, 0.4) is 0 Å². The lowest BCUT2D eigenvalue weighted by atomic mass is 9.98. The summed E-state index contributed by atoms with van der Waals surface area (Å²) in [6.07, 6.45) is -0.798. The van der Waals surface area contributed by atoms with Crippen molar-refractivity contribution >= 4 is 39.1 Å². The maximum absolute atomic E-state index is 12.9. The predicted octanol–water partition coefficient (Wildman–Crippen LogP) is 8.61. The third-order valence-corrected chi connectivity index (χ3v) is 6.62. The number of carbonyl (C=O) groups is 1. The molecule has 0 atom stereocenters. The molecular formula is C34H27F3N4O. The number of amides is 1. The molecule has 0 aliphatic carbocycles. The summed E-state index contributed by atoms with van der Waals surface area (Å²) in [5.41, 5.74) is 11.6. The van der Waals surface area contributed by atoms with Crippen molar-refractivity contribution in [3.05, 3.63) is 132 Å². The molecule has 1 amide bonds. The van der Waals surface area contributed by atoms with Gasteiger partial charge in [0.15, 0.2) is 0 Å². The summed E-state index contributed by atoms with van der Waals surface area (Å²) in [6.45, 7) is 3.99. The maximum atomic E-state index is 12.9. The molecule has 0 saturated heterocycles. The highest BCUT2D eigenvalue weighted by Crippen LogP contribution is 2.32. The zero-order valence-electron chi connectivity index (χ0n) is 22.9. The van der Waals surface area contributed by atoms with Crippen LogP contribution in [0, 0.1) is 13.8 Å². The van der Waals surface area contributed by atoms with Crippen molar-refractivity contribution in [2.24, 2.45) is 0 Å². The van der Waals surface area contributed by atoms with E-state index in [1.54, 1.807) is 42.6 Å². The van der Waals surface area contributed by atoms with E-state index < -0.39 is 11.7 Å². The summed E-state index contributed by atoms with van der Waals surface area (Å²) < 4.78 is 38.5. The van der Waals surface area contributed by atoms with Crippen molar-refractivity contribution in [3.8, 4) is 11.1 Å². The second-order valence-electron chi connectivity index (χ2n) is 9.96. The largest absolute Gasteiger partial charge is 0.416 e. The number of nitrogens with zero attached hydrogens (tertiary/aromatic N) is 2. The number of nitrogens with one attached hydrogen (secondary N) is 1. The van der Waals surface area contributed by atoms with Crippen LogP contribution in [0.2, 0.25) is 0 Å². The minimum absolute atomic E-state index is 0.350. The van der Waals surface area contributed by atoms with E-state index in [4.69, 9.17) is 5.73 Å². The number of halogens is 3. The Balaban J connectivity index is 0.000000244. The molecule has 2 heterocycles. The van der Waals surface area contributed by atoms with Gasteiger partial charge in [0, 0.05) is 40.1 Å². The summed E-state index contributed by atoms with van der Waals surface area (Å²) in [6, 6.07) is 26.9. The zero-order valence-corrected chi connectivity index (χ0v) is 22.9. The number of alkyl halides is 3. The molecule has 3 N–H and O–H groups in total. The number of hydrogen-bond acceptors (Lipinski definition) is 4. The van der Waals surface area contributed by atoms with Gasteiger partial charge in [-0.15, -0.1) is 0 Å². The lowest BCUT2D eigenvalue weighted by Crippen LogP contribution is -2.13. The molecule has 210 valence electrons. The number of aryl methyl sites for hydroxylation is 2. The van der Waals surface area contributed by atoms with Gasteiger partial charge in [0.1, 0.15) is 0 Å². The second-order valence-corrected chi connectivity index (χ2v) is 9.96. The van der Waals surface area contributed by atoms with Gasteiger partial charge in [0.05, 0.1) is 16.6 Å². The van der Waals surface area contributed by atoms with Crippen LogP contribution in [0.1, 0.15) is 27.0 Å². The Morgan fingerprint density at radius 3 is 1.98 bits per heavy atom. The molecule has 5 nitrogen and oxygen atoms in total. The Hall–Kier alpha value is -5.24. The molecule has 4 aromatic carbocycles. The number of aromatic nitrogens is 2. The van der Waals surface area contributed by atoms with E-state index in [1.165, 1.54) is 17.7 Å². The van der Waals surface area contributed by atoms with Gasteiger partial charge in [-0.05, 0) is 90.7 Å². The molecule has 8 heteroatoms. The average Bonchev–Trinajstić information content (AvgIpc) is 2.97. The molecule has 42 heavy (non-hydrogen) atoms. The van der Waals surface area contributed by atoms with Crippen molar-refractivity contribution in [3.63, 3.8) is 0 Å². The number of nitrogen functional groups attached to an aromatic ring is 1. The zero-order chi connectivity index (χ0) is 29.9. The molecule has 0 bridgehead atoms. The molecule has 6 rings (SSSR count). The number of fused-ring (bicyclic) bond motifs is 2. The fourth-order valence-electron chi connectivity index (χ4n) is 4.53. The predicted molar refractivity (Wildman–Crippen MR) is 162 cm³/mol. The minimum Gasteiger partial charge on any atom is -0.399 e. The summed E-state index contributed by atoms with van der Waals surface area (Å²) in [7, 11) is 0. The van der Waals surface area contributed by atoms with Crippen molar-refractivity contribution in [2.75, 3.05) is 11.1 Å². The Bertz CT molecular complexity index is 1860. The van der Waals surface area contributed by atoms with Gasteiger partial charge in [0.25, 0.3) is 5.91 Å². The SMILES string of the molecule is Cc1cnc2cc(N)ccc2c1.Cc1cnc2cc(NC(=O)c3ccccc3-c3ccc(C(F)(F)F)cc3)ccc2c1. The summed E-state index contributed by atoms with van der Waals surface area (Å²) >= 11 is 0. The first-order valence-corrected chi connectivity index (χ1v) is 13.1. The van der Waals surface area contributed by atoms with E-state index >= 15 is 0 Å². The number of benzene rings is 4. The summed E-state index contributed by atoms with van der Waals surface area (Å²) in [4.78, 5) is 21.5. The van der Waals surface area contributed by atoms with Crippen LogP contribution < -0.4 is 11.1 Å². The van der Waals surface area contributed by atoms with Crippen LogP contribution in [0.25, 0.3) is 32.9 Å². The van der Waals surface area contributed by atoms with Crippen LogP contribution in [-0.2, 0) is 6.18 Å². The lowest BCUT2D eigenvalue weighted by molar-refractivity contribution is -0.137. The fraction of sp³-hybridized carbons (Fsp3) is 0.0882. The number of nitrogens with two attached hydrogens (primary N) is 1. The van der Waals surface area contributed by atoms with E-state index in [0.717, 1.165) is 45.2 Å². The normalized spacial score (nSPS) is 11.2. The lowest BCUT2D eigenvalue weighted by Gasteiger charge is -2.12. The Morgan fingerprint density at radius 1 is 0.738 bits per heavy atom. The van der Waals surface area contributed by atoms with Crippen molar-refractivity contribution < 1.29 is 18.0 Å². The van der Waals surface area contributed by atoms with E-state index in [-0.39, 0.29) is 5.91 Å². The minimum atomic E-state index is -4.40. The van der Waals surface area contributed by atoms with Crippen LogP contribution in [0.5, 0.6) is 0 Å². The van der Waals surface area contributed by atoms with Crippen molar-refractivity contribution in [2.45, 2.75) is 20.0 Å². The van der Waals surface area contributed by atoms with Crippen molar-refractivity contribution in [1.29, 1.82) is 0 Å². The molecule has 6 aromatic rings. The van der Waals surface area contributed by atoms with Crippen LogP contribution in [-0.4, -0.2) is 15.9 Å². The van der Waals surface area contributed by atoms with Crippen LogP contribution in [0.15, 0.2) is 109 Å². The number of hydrogen-bond donors (Lipinski definition) is 2. The summed E-state index contributed by atoms with van der Waals surface area (Å²) in [5, 5.41) is 4.97. The van der Waals surface area contributed by atoms with E-state index in [1.807, 2.05) is 50.4 Å². The Morgan fingerprint density at radius 2 is 1.33 bits per heavy atom. The van der Waals surface area contributed by atoms with Gasteiger partial charge >= 0.3 is 6.18 Å². The van der Waals surface area contributed by atoms with E-state index in [9.17, 15) is 18.0 Å². The number of rotatable bonds is 3. The third-order valence-electron chi connectivity index (χ3n) is 6.62. The quantitative estimate of drug-likeness (QED) is 0.211. The van der Waals surface area contributed by atoms with E-state index in [2.05, 4.69) is 21.4 Å². The molecular weight excluding hydrogens is 537 g/mol. The highest BCUT2D eigenvalue weighted by molar-refractivity contribution is 6.09. The fourth-order valence-corrected chi connectivity index (χ4v) is 4.53. The highest BCUT2D eigenvalue weighted by Gasteiger charge is 2.30. The number of carbonyl (C=O) groups excluding carboxylic acids is 1. The Kier molecular flexibility index (Phi) is 7.88. The van der Waals surface area contributed by atoms with Crippen LogP contribution in [0.4, 0.5) is 24.5 Å². The second kappa shape index (κ2) is 11.7. The van der Waals surface area contributed by atoms with Crippen LogP contribution >= 0.6 is 0 Å². The molecule has 0 aliphatic rings. The smallest absolute Gasteiger partial charge is 0.399 e. The molecule has 0 fully saturated rings. The molecule has 0 unspecified atom stereocenters. The van der Waals surface area contributed by atoms with Gasteiger partial charge in [-0.1, -0.05) is 42.5 Å². The van der Waals surface area contributed by atoms with Gasteiger partial charge < -0.3 is 11.1 Å². The van der Waals surface area contributed by atoms with Gasteiger partial charge in [0.2, 0.25) is 0 Å². The number of anilines is 2. The average molecular weight is 565 g/mol. The topological polar surface area (TPSA) is 80.9 Å². The first-order valence-electron chi connectivity index (χ1n) is 13.1. The van der Waals surface area contributed by atoms with E-state index in [0.29, 0.717) is 22.4 Å². The summed E-state index contributed by atoms with van der Waals surface area (Å²) in [5.74, 6) is -0.350. The first kappa shape index (κ1) is 28.3. The third kappa shape index (κ3) is 6.55. The maximum Gasteiger partial charge on any atom is 0.416 e. The van der Waals surface area contributed by atoms with Gasteiger partial charge in [-0.25, -0.2) is 0 Å². The molecule has 2 aromatic heterocycles. The molecule has 0 aliphatic heterocycles. The molecule has 0 saturated carbocycles. The van der Waals surface area contributed by atoms with Crippen molar-refractivity contribution in [1.82, 2.24) is 9.97 Å². The number of pyridine rings is 2. The standard InChI is InChI=1S/C24H17F3N2O.C10H10N2/c1-15-12-17-8-11-19(13-22(17)28-14-15)29-23(30)21-5-3-2-4-20(21)16-6-9-18(10-7-16)24(25,26)27;1-7-4-8-2-3-9(11)5-10(8)12-6-7/h2-14H,1H3,(H,29,30);2-6H,11H2,1H3. The first-order chi connectivity index (χ1) is 20.1. The monoisotopic (exact) mass is 564 g/mol. The van der Waals surface area contributed by atoms with Gasteiger partial charge in [-0.3, -0.25) is 14.8 Å².